The summed E-state index contributed by atoms with van der Waals surface area (Å²) in [5.41, 5.74) is 0. The van der Waals surface area contributed by atoms with Crippen LogP contribution in [-0.4, -0.2) is 29.9 Å². The molecule has 4 heteroatoms. The molecule has 16 heavy (non-hydrogen) atoms. The summed E-state index contributed by atoms with van der Waals surface area (Å²) in [6, 6.07) is 9.27. The summed E-state index contributed by atoms with van der Waals surface area (Å²) in [4.78, 5) is 23.5. The highest BCUT2D eigenvalue weighted by molar-refractivity contribution is 6.12. The van der Waals surface area contributed by atoms with E-state index in [1.807, 2.05) is 30.3 Å². The molecule has 0 bridgehead atoms. The average Bonchev–Trinajstić information content (AvgIpc) is 2.62. The van der Waals surface area contributed by atoms with Crippen molar-refractivity contribution < 1.29 is 14.3 Å². The quantitative estimate of drug-likeness (QED) is 0.706. The van der Waals surface area contributed by atoms with Gasteiger partial charge in [0.15, 0.2) is 0 Å². The summed E-state index contributed by atoms with van der Waals surface area (Å²) in [5.74, 6) is 0.179. The van der Waals surface area contributed by atoms with E-state index in [1.54, 1.807) is 0 Å². The summed E-state index contributed by atoms with van der Waals surface area (Å²) >= 11 is 0. The van der Waals surface area contributed by atoms with Gasteiger partial charge in [-0.1, -0.05) is 18.2 Å². The fourth-order valence-corrected chi connectivity index (χ4v) is 1.42. The Balaban J connectivity index is 1.81. The molecular weight excluding hydrogens is 206 g/mol. The third-order valence-electron chi connectivity index (χ3n) is 2.23. The van der Waals surface area contributed by atoms with Crippen molar-refractivity contribution in [3.05, 3.63) is 42.5 Å². The van der Waals surface area contributed by atoms with Crippen LogP contribution in [0.4, 0.5) is 0 Å². The largest absolute Gasteiger partial charge is 0.492 e. The van der Waals surface area contributed by atoms with Gasteiger partial charge in [-0.05, 0) is 12.1 Å². The Kier molecular flexibility index (Phi) is 3.00. The molecule has 0 spiro atoms. The number of imide groups is 1. The number of nitrogens with zero attached hydrogens (tertiary/aromatic N) is 1. The van der Waals surface area contributed by atoms with Gasteiger partial charge < -0.3 is 4.74 Å². The Bertz CT molecular complexity index is 407. The fraction of sp³-hybridized carbons (Fsp3) is 0.167. The van der Waals surface area contributed by atoms with E-state index in [9.17, 15) is 9.59 Å². The predicted octanol–water partition coefficient (Wildman–Crippen LogP) is 0.990. The van der Waals surface area contributed by atoms with E-state index in [1.165, 1.54) is 12.2 Å². The summed E-state index contributed by atoms with van der Waals surface area (Å²) in [6.07, 6.45) is 2.54. The number of amides is 2. The standard InChI is InChI=1S/C12H11NO3/c14-11-6-7-12(15)13(11)8-9-16-10-4-2-1-3-5-10/h1-7H,8-9H2. The van der Waals surface area contributed by atoms with Gasteiger partial charge >= 0.3 is 0 Å². The number of carbonyl (C=O) groups is 2. The van der Waals surface area contributed by atoms with Crippen LogP contribution in [0, 0.1) is 0 Å². The van der Waals surface area contributed by atoms with Gasteiger partial charge in [-0.25, -0.2) is 0 Å². The summed E-state index contributed by atoms with van der Waals surface area (Å²) in [6.45, 7) is 0.586. The zero-order chi connectivity index (χ0) is 11.4. The molecule has 0 radical (unpaired) electrons. The van der Waals surface area contributed by atoms with Gasteiger partial charge in [0.1, 0.15) is 12.4 Å². The van der Waals surface area contributed by atoms with Crippen LogP contribution < -0.4 is 4.74 Å². The minimum atomic E-state index is -0.276. The molecule has 1 aliphatic rings. The summed E-state index contributed by atoms with van der Waals surface area (Å²) in [5, 5.41) is 0. The van der Waals surface area contributed by atoms with Crippen molar-refractivity contribution in [3.63, 3.8) is 0 Å². The monoisotopic (exact) mass is 217 g/mol. The Labute approximate surface area is 93.1 Å². The molecule has 0 N–H and O–H groups in total. The van der Waals surface area contributed by atoms with E-state index in [0.717, 1.165) is 10.6 Å². The smallest absolute Gasteiger partial charge is 0.253 e. The maximum atomic E-state index is 11.2. The molecule has 4 nitrogen and oxygen atoms in total. The summed E-state index contributed by atoms with van der Waals surface area (Å²) < 4.78 is 5.39. The van der Waals surface area contributed by atoms with Crippen molar-refractivity contribution in [1.82, 2.24) is 4.90 Å². The lowest BCUT2D eigenvalue weighted by atomic mass is 10.3. The molecule has 0 aromatic heterocycles. The van der Waals surface area contributed by atoms with Gasteiger partial charge in [0.05, 0.1) is 6.54 Å². The molecular formula is C12H11NO3. The first-order valence-electron chi connectivity index (χ1n) is 4.99. The molecule has 1 aromatic carbocycles. The number of carbonyl (C=O) groups excluding carboxylic acids is 2. The maximum absolute atomic E-state index is 11.2. The van der Waals surface area contributed by atoms with Gasteiger partial charge in [-0.2, -0.15) is 0 Å². The number of para-hydroxylation sites is 1. The highest BCUT2D eigenvalue weighted by atomic mass is 16.5. The molecule has 2 amide bonds. The third kappa shape index (κ3) is 2.28. The molecule has 0 unspecified atom stereocenters. The third-order valence-corrected chi connectivity index (χ3v) is 2.23. The molecule has 0 saturated heterocycles. The molecule has 0 aliphatic carbocycles. The fourth-order valence-electron chi connectivity index (χ4n) is 1.42. The first kappa shape index (κ1) is 10.4. The van der Waals surface area contributed by atoms with Gasteiger partial charge in [-0.3, -0.25) is 14.5 Å². The maximum Gasteiger partial charge on any atom is 0.253 e. The summed E-state index contributed by atoms with van der Waals surface area (Å²) in [7, 11) is 0. The van der Waals surface area contributed by atoms with Crippen molar-refractivity contribution in [1.29, 1.82) is 0 Å². The van der Waals surface area contributed by atoms with Crippen LogP contribution in [0.15, 0.2) is 42.5 Å². The number of benzene rings is 1. The van der Waals surface area contributed by atoms with Crippen molar-refractivity contribution >= 4 is 11.8 Å². The van der Waals surface area contributed by atoms with E-state index < -0.39 is 0 Å². The Morgan fingerprint density at radius 1 is 1.00 bits per heavy atom. The predicted molar refractivity (Wildman–Crippen MR) is 57.8 cm³/mol. The minimum Gasteiger partial charge on any atom is -0.492 e. The van der Waals surface area contributed by atoms with Crippen LogP contribution in [-0.2, 0) is 9.59 Å². The number of rotatable bonds is 4. The topological polar surface area (TPSA) is 46.6 Å². The van der Waals surface area contributed by atoms with Crippen molar-refractivity contribution in [2.45, 2.75) is 0 Å². The molecule has 1 aromatic rings. The molecule has 82 valence electrons. The van der Waals surface area contributed by atoms with Crippen molar-refractivity contribution in [2.24, 2.45) is 0 Å². The Morgan fingerprint density at radius 2 is 1.62 bits per heavy atom. The molecule has 0 atom stereocenters. The molecule has 1 aliphatic heterocycles. The molecule has 2 rings (SSSR count). The lowest BCUT2D eigenvalue weighted by molar-refractivity contribution is -0.137. The van der Waals surface area contributed by atoms with E-state index in [4.69, 9.17) is 4.74 Å². The minimum absolute atomic E-state index is 0.276. The second-order valence-corrected chi connectivity index (χ2v) is 3.32. The second kappa shape index (κ2) is 4.61. The zero-order valence-corrected chi connectivity index (χ0v) is 8.63. The second-order valence-electron chi connectivity index (χ2n) is 3.32. The van der Waals surface area contributed by atoms with Crippen LogP contribution in [0.2, 0.25) is 0 Å². The normalized spacial score (nSPS) is 14.6. The number of ether oxygens (including phenoxy) is 1. The average molecular weight is 217 g/mol. The molecule has 1 heterocycles. The lowest BCUT2D eigenvalue weighted by Gasteiger charge is -2.13. The number of hydrogen-bond donors (Lipinski definition) is 0. The number of hydrogen-bond acceptors (Lipinski definition) is 3. The van der Waals surface area contributed by atoms with Crippen LogP contribution in [0.5, 0.6) is 5.75 Å². The van der Waals surface area contributed by atoms with Gasteiger partial charge in [-0.15, -0.1) is 0 Å². The van der Waals surface area contributed by atoms with E-state index in [-0.39, 0.29) is 18.4 Å². The lowest BCUT2D eigenvalue weighted by Crippen LogP contribution is -2.33. The van der Waals surface area contributed by atoms with Gasteiger partial charge in [0.2, 0.25) is 0 Å². The zero-order valence-electron chi connectivity index (χ0n) is 8.63. The molecule has 0 saturated carbocycles. The van der Waals surface area contributed by atoms with E-state index in [2.05, 4.69) is 0 Å². The Hall–Kier alpha value is -2.10. The SMILES string of the molecule is O=C1C=CC(=O)N1CCOc1ccccc1. The van der Waals surface area contributed by atoms with Crippen molar-refractivity contribution in [3.8, 4) is 5.75 Å². The van der Waals surface area contributed by atoms with E-state index >= 15 is 0 Å². The highest BCUT2D eigenvalue weighted by Gasteiger charge is 2.22. The van der Waals surface area contributed by atoms with Crippen LogP contribution >= 0.6 is 0 Å². The van der Waals surface area contributed by atoms with Crippen LogP contribution in [0.1, 0.15) is 0 Å². The van der Waals surface area contributed by atoms with Crippen LogP contribution in [0.3, 0.4) is 0 Å². The first-order chi connectivity index (χ1) is 7.77. The highest BCUT2D eigenvalue weighted by Crippen LogP contribution is 2.09. The Morgan fingerprint density at radius 3 is 2.25 bits per heavy atom. The van der Waals surface area contributed by atoms with Gasteiger partial charge in [0, 0.05) is 12.2 Å². The first-order valence-corrected chi connectivity index (χ1v) is 4.99. The molecule has 0 fully saturated rings. The van der Waals surface area contributed by atoms with Crippen molar-refractivity contribution in [2.75, 3.05) is 13.2 Å². The van der Waals surface area contributed by atoms with Gasteiger partial charge in [0.25, 0.3) is 11.8 Å². The van der Waals surface area contributed by atoms with Crippen LogP contribution in [0.25, 0.3) is 0 Å². The van der Waals surface area contributed by atoms with E-state index in [0.29, 0.717) is 6.61 Å².